The van der Waals surface area contributed by atoms with Crippen LogP contribution in [-0.2, 0) is 11.2 Å². The number of thiophene rings is 1. The topological polar surface area (TPSA) is 57.5 Å². The summed E-state index contributed by atoms with van der Waals surface area (Å²) in [5.74, 6) is -1.19. The molecule has 0 fully saturated rings. The van der Waals surface area contributed by atoms with E-state index < -0.39 is 12.6 Å². The molecule has 104 valence electrons. The number of carbonyl (C=O) groups is 1. The predicted octanol–water partition coefficient (Wildman–Crippen LogP) is 3.71. The van der Waals surface area contributed by atoms with Crippen LogP contribution in [-0.4, -0.2) is 22.8 Å². The van der Waals surface area contributed by atoms with Gasteiger partial charge < -0.3 is 10.2 Å². The molecule has 0 amide bonds. The van der Waals surface area contributed by atoms with E-state index in [0.29, 0.717) is 0 Å². The van der Waals surface area contributed by atoms with Crippen LogP contribution in [0.2, 0.25) is 0 Å². The van der Waals surface area contributed by atoms with Gasteiger partial charge in [-0.3, -0.25) is 0 Å². The van der Waals surface area contributed by atoms with E-state index in [0.717, 1.165) is 0 Å². The summed E-state index contributed by atoms with van der Waals surface area (Å²) in [6.45, 7) is 1.49. The van der Waals surface area contributed by atoms with Crippen molar-refractivity contribution in [1.29, 1.82) is 0 Å². The van der Waals surface area contributed by atoms with Gasteiger partial charge in [-0.05, 0) is 24.3 Å². The van der Waals surface area contributed by atoms with E-state index in [1.807, 2.05) is 11.3 Å². The largest absolute Gasteiger partial charge is 0.480 e. The Kier molecular flexibility index (Phi) is 12.0. The number of aliphatic carboxylic acids is 1. The molecular weight excluding hydrogens is 248 g/mol. The first-order valence-corrected chi connectivity index (χ1v) is 7.43. The Hall–Kier alpha value is -0.870. The maximum atomic E-state index is 9.12. The molecule has 0 radical (unpaired) electrons. The standard InChI is InChI=1S/C12H20S.C2H4O3/c1-2-3-4-5-6-7-9-12-10-8-11-13-12;3-1-2(4)5/h8,10-11H,2-7,9H2,1H3;3H,1H2,(H,4,5). The summed E-state index contributed by atoms with van der Waals surface area (Å²) in [6, 6.07) is 4.40. The van der Waals surface area contributed by atoms with Crippen molar-refractivity contribution in [3.63, 3.8) is 0 Å². The van der Waals surface area contributed by atoms with Gasteiger partial charge in [0, 0.05) is 4.88 Å². The molecule has 0 unspecified atom stereocenters. The number of unbranched alkanes of at least 4 members (excludes halogenated alkanes) is 5. The first-order valence-electron chi connectivity index (χ1n) is 6.55. The molecule has 0 bridgehead atoms. The normalized spacial score (nSPS) is 9.67. The highest BCUT2D eigenvalue weighted by Gasteiger charge is 1.93. The second-order valence-electron chi connectivity index (χ2n) is 4.15. The third-order valence-corrected chi connectivity index (χ3v) is 3.43. The van der Waals surface area contributed by atoms with Crippen molar-refractivity contribution in [1.82, 2.24) is 0 Å². The van der Waals surface area contributed by atoms with Crippen LogP contribution in [0.5, 0.6) is 0 Å². The quantitative estimate of drug-likeness (QED) is 0.709. The fraction of sp³-hybridized carbons (Fsp3) is 0.643. The highest BCUT2D eigenvalue weighted by Crippen LogP contribution is 2.13. The Balaban J connectivity index is 0.000000494. The van der Waals surface area contributed by atoms with E-state index in [1.165, 1.54) is 44.9 Å². The monoisotopic (exact) mass is 272 g/mol. The number of aryl methyl sites for hydroxylation is 1. The van der Waals surface area contributed by atoms with E-state index in [2.05, 4.69) is 24.4 Å². The molecule has 0 aliphatic rings. The number of hydrogen-bond acceptors (Lipinski definition) is 3. The van der Waals surface area contributed by atoms with Crippen LogP contribution in [0.1, 0.15) is 50.3 Å². The molecule has 1 aromatic heterocycles. The highest BCUT2D eigenvalue weighted by molar-refractivity contribution is 7.09. The molecule has 0 atom stereocenters. The van der Waals surface area contributed by atoms with Gasteiger partial charge in [0.05, 0.1) is 0 Å². The summed E-state index contributed by atoms with van der Waals surface area (Å²) in [4.78, 5) is 10.7. The van der Waals surface area contributed by atoms with Gasteiger partial charge in [0.15, 0.2) is 0 Å². The number of aliphatic hydroxyl groups is 1. The lowest BCUT2D eigenvalue weighted by atomic mass is 10.1. The van der Waals surface area contributed by atoms with E-state index >= 15 is 0 Å². The van der Waals surface area contributed by atoms with E-state index in [1.54, 1.807) is 4.88 Å². The van der Waals surface area contributed by atoms with Gasteiger partial charge in [0.2, 0.25) is 0 Å². The van der Waals surface area contributed by atoms with Crippen LogP contribution in [0.25, 0.3) is 0 Å². The molecule has 1 heterocycles. The SMILES string of the molecule is CCCCCCCCc1cccs1.O=C(O)CO. The van der Waals surface area contributed by atoms with Gasteiger partial charge >= 0.3 is 5.97 Å². The molecule has 0 spiro atoms. The molecule has 18 heavy (non-hydrogen) atoms. The van der Waals surface area contributed by atoms with Gasteiger partial charge in [-0.2, -0.15) is 0 Å². The molecule has 0 saturated carbocycles. The van der Waals surface area contributed by atoms with Crippen LogP contribution in [0.15, 0.2) is 17.5 Å². The number of hydrogen-bond donors (Lipinski definition) is 2. The summed E-state index contributed by atoms with van der Waals surface area (Å²) in [5.41, 5.74) is 0. The Morgan fingerprint density at radius 2 is 1.83 bits per heavy atom. The van der Waals surface area contributed by atoms with Crippen LogP contribution < -0.4 is 0 Å². The maximum absolute atomic E-state index is 9.12. The minimum atomic E-state index is -1.19. The number of rotatable bonds is 8. The predicted molar refractivity (Wildman–Crippen MR) is 76.1 cm³/mol. The van der Waals surface area contributed by atoms with E-state index in [4.69, 9.17) is 15.0 Å². The Bertz CT molecular complexity index is 283. The van der Waals surface area contributed by atoms with Crippen LogP contribution in [0.3, 0.4) is 0 Å². The van der Waals surface area contributed by atoms with Gasteiger partial charge in [0.1, 0.15) is 6.61 Å². The summed E-state index contributed by atoms with van der Waals surface area (Å²) in [5, 5.41) is 17.2. The summed E-state index contributed by atoms with van der Waals surface area (Å²) < 4.78 is 0. The van der Waals surface area contributed by atoms with Crippen molar-refractivity contribution in [3.8, 4) is 0 Å². The lowest BCUT2D eigenvalue weighted by Gasteiger charge is -1.98. The molecule has 0 saturated heterocycles. The first-order chi connectivity index (χ1) is 8.70. The van der Waals surface area contributed by atoms with Crippen molar-refractivity contribution in [2.75, 3.05) is 6.61 Å². The maximum Gasteiger partial charge on any atom is 0.329 e. The average Bonchev–Trinajstić information content (AvgIpc) is 2.87. The first kappa shape index (κ1) is 17.1. The molecule has 0 aromatic carbocycles. The van der Waals surface area contributed by atoms with Crippen molar-refractivity contribution in [3.05, 3.63) is 22.4 Å². The fourth-order valence-electron chi connectivity index (χ4n) is 1.53. The molecule has 4 heteroatoms. The average molecular weight is 272 g/mol. The number of carboxylic acid groups (broad SMARTS) is 1. The van der Waals surface area contributed by atoms with Crippen molar-refractivity contribution in [2.45, 2.75) is 51.9 Å². The lowest BCUT2D eigenvalue weighted by Crippen LogP contribution is -1.98. The third kappa shape index (κ3) is 11.6. The van der Waals surface area contributed by atoms with Gasteiger partial charge in [-0.15, -0.1) is 11.3 Å². The van der Waals surface area contributed by atoms with Crippen LogP contribution >= 0.6 is 11.3 Å². The molecule has 3 nitrogen and oxygen atoms in total. The zero-order valence-corrected chi connectivity index (χ0v) is 11.9. The van der Waals surface area contributed by atoms with Gasteiger partial charge in [-0.25, -0.2) is 4.79 Å². The molecule has 1 aromatic rings. The third-order valence-electron chi connectivity index (χ3n) is 2.49. The number of aliphatic hydroxyl groups excluding tert-OH is 1. The minimum absolute atomic E-state index is 0.778. The van der Waals surface area contributed by atoms with Gasteiger partial charge in [0.25, 0.3) is 0 Å². The molecular formula is C14H24O3S. The van der Waals surface area contributed by atoms with Gasteiger partial charge in [-0.1, -0.05) is 45.1 Å². The van der Waals surface area contributed by atoms with Crippen LogP contribution in [0.4, 0.5) is 0 Å². The van der Waals surface area contributed by atoms with E-state index in [9.17, 15) is 0 Å². The van der Waals surface area contributed by atoms with E-state index in [-0.39, 0.29) is 0 Å². The van der Waals surface area contributed by atoms with Crippen molar-refractivity contribution < 1.29 is 15.0 Å². The second kappa shape index (κ2) is 12.6. The lowest BCUT2D eigenvalue weighted by molar-refractivity contribution is -0.140. The Morgan fingerprint density at radius 1 is 1.22 bits per heavy atom. The highest BCUT2D eigenvalue weighted by atomic mass is 32.1. The molecule has 0 aliphatic heterocycles. The zero-order valence-electron chi connectivity index (χ0n) is 11.1. The Morgan fingerprint density at radius 3 is 2.33 bits per heavy atom. The molecule has 0 aliphatic carbocycles. The molecule has 2 N–H and O–H groups in total. The second-order valence-corrected chi connectivity index (χ2v) is 5.18. The summed E-state index contributed by atoms with van der Waals surface area (Å²) >= 11 is 1.89. The smallest absolute Gasteiger partial charge is 0.329 e. The van der Waals surface area contributed by atoms with Crippen molar-refractivity contribution >= 4 is 17.3 Å². The zero-order chi connectivity index (χ0) is 13.6. The summed E-state index contributed by atoms with van der Waals surface area (Å²) in [7, 11) is 0. The fourth-order valence-corrected chi connectivity index (χ4v) is 2.29. The number of carboxylic acids is 1. The summed E-state index contributed by atoms with van der Waals surface area (Å²) in [6.07, 6.45) is 9.72. The van der Waals surface area contributed by atoms with Crippen molar-refractivity contribution in [2.24, 2.45) is 0 Å². The minimum Gasteiger partial charge on any atom is -0.480 e. The Labute approximate surface area is 113 Å². The molecule has 1 rings (SSSR count). The van der Waals surface area contributed by atoms with Crippen LogP contribution in [0, 0.1) is 0 Å².